The lowest BCUT2D eigenvalue weighted by Gasteiger charge is -2.42. The molecule has 0 saturated carbocycles. The molecule has 1 unspecified atom stereocenters. The van der Waals surface area contributed by atoms with E-state index in [0.29, 0.717) is 0 Å². The number of hydrogen-bond donors (Lipinski definition) is 5. The number of rotatable bonds is 6. The molecule has 1 saturated heterocycles. The van der Waals surface area contributed by atoms with Gasteiger partial charge in [0.15, 0.2) is 6.29 Å². The second kappa shape index (κ2) is 7.32. The fraction of sp³-hybridized carbons (Fsp3) is 0.875. The predicted octanol–water partition coefficient (Wildman–Crippen LogP) is -3.42. The van der Waals surface area contributed by atoms with Crippen LogP contribution in [-0.4, -0.2) is 79.3 Å². The van der Waals surface area contributed by atoms with Crippen molar-refractivity contribution in [1.82, 2.24) is 5.32 Å². The van der Waals surface area contributed by atoms with Crippen LogP contribution in [0, 0.1) is 0 Å². The summed E-state index contributed by atoms with van der Waals surface area (Å²) in [5.41, 5.74) is 0. The van der Waals surface area contributed by atoms with E-state index in [1.807, 2.05) is 5.32 Å². The van der Waals surface area contributed by atoms with Crippen molar-refractivity contribution in [2.75, 3.05) is 6.61 Å². The zero-order chi connectivity index (χ0) is 18.0. The van der Waals surface area contributed by atoms with Crippen molar-refractivity contribution in [3.63, 3.8) is 0 Å². The van der Waals surface area contributed by atoms with Crippen LogP contribution in [0.4, 0.5) is 0 Å². The molecule has 0 spiro atoms. The van der Waals surface area contributed by atoms with Gasteiger partial charge in [-0.1, -0.05) is 0 Å². The van der Waals surface area contributed by atoms with Crippen molar-refractivity contribution in [3.05, 3.63) is 0 Å². The van der Waals surface area contributed by atoms with Gasteiger partial charge in [-0.15, -0.1) is 0 Å². The van der Waals surface area contributed by atoms with Crippen molar-refractivity contribution in [2.24, 2.45) is 0 Å². The van der Waals surface area contributed by atoms with E-state index in [0.717, 1.165) is 6.92 Å². The minimum Gasteiger partial charge on any atom is -0.394 e. The van der Waals surface area contributed by atoms with E-state index in [-0.39, 0.29) is 0 Å². The fourth-order valence-electron chi connectivity index (χ4n) is 1.97. The standard InChI is InChI=1S/C8H15NO12S2/c1-3(11)9-5-7(21-23(16,17)18)6(20-22(13,14)15)4(2-10)19-8(5)12/h4-8,10,12H,2H2,1H3,(H,9,11)(H,13,14,15)(H,16,17,18)/t4-,5-,6-,7-,8?/m1/s1. The lowest BCUT2D eigenvalue weighted by atomic mass is 9.97. The van der Waals surface area contributed by atoms with Gasteiger partial charge in [0.2, 0.25) is 5.91 Å². The third-order valence-corrected chi connectivity index (χ3v) is 3.61. The van der Waals surface area contributed by atoms with Gasteiger partial charge in [0, 0.05) is 6.92 Å². The van der Waals surface area contributed by atoms with Gasteiger partial charge in [0.25, 0.3) is 0 Å². The minimum atomic E-state index is -5.19. The van der Waals surface area contributed by atoms with E-state index < -0.39 is 64.0 Å². The summed E-state index contributed by atoms with van der Waals surface area (Å²) in [5, 5.41) is 20.9. The van der Waals surface area contributed by atoms with Crippen molar-refractivity contribution in [3.8, 4) is 0 Å². The summed E-state index contributed by atoms with van der Waals surface area (Å²) in [7, 11) is -10.4. The van der Waals surface area contributed by atoms with Gasteiger partial charge in [-0.25, -0.2) is 8.37 Å². The highest BCUT2D eigenvalue weighted by atomic mass is 32.3. The lowest BCUT2D eigenvalue weighted by molar-refractivity contribution is -0.244. The Kier molecular flexibility index (Phi) is 6.41. The van der Waals surface area contributed by atoms with Gasteiger partial charge >= 0.3 is 20.8 Å². The summed E-state index contributed by atoms with van der Waals surface area (Å²) in [6.07, 6.45) is -7.67. The van der Waals surface area contributed by atoms with Crippen LogP contribution in [0.5, 0.6) is 0 Å². The van der Waals surface area contributed by atoms with Crippen LogP contribution in [-0.2, 0) is 38.7 Å². The smallest absolute Gasteiger partial charge is 0.394 e. The third-order valence-electron chi connectivity index (χ3n) is 2.68. The number of amides is 1. The van der Waals surface area contributed by atoms with Crippen LogP contribution >= 0.6 is 0 Å². The maximum Gasteiger partial charge on any atom is 0.397 e. The normalized spacial score (nSPS) is 32.5. The Morgan fingerprint density at radius 1 is 1.13 bits per heavy atom. The summed E-state index contributed by atoms with van der Waals surface area (Å²) < 4.78 is 74.2. The van der Waals surface area contributed by atoms with Gasteiger partial charge in [0.05, 0.1) is 6.61 Å². The van der Waals surface area contributed by atoms with Crippen molar-refractivity contribution in [2.45, 2.75) is 37.6 Å². The first-order valence-corrected chi connectivity index (χ1v) is 8.60. The highest BCUT2D eigenvalue weighted by Gasteiger charge is 2.50. The van der Waals surface area contributed by atoms with Crippen molar-refractivity contribution >= 4 is 26.7 Å². The minimum absolute atomic E-state index is 0.797. The summed E-state index contributed by atoms with van der Waals surface area (Å²) in [5.74, 6) is -0.797. The predicted molar refractivity (Wildman–Crippen MR) is 68.4 cm³/mol. The van der Waals surface area contributed by atoms with E-state index in [9.17, 15) is 26.7 Å². The molecule has 5 atom stereocenters. The highest BCUT2D eigenvalue weighted by Crippen LogP contribution is 2.27. The quantitative estimate of drug-likeness (QED) is 0.285. The molecule has 1 aliphatic heterocycles. The Balaban J connectivity index is 3.27. The molecule has 15 heteroatoms. The lowest BCUT2D eigenvalue weighted by Crippen LogP contribution is -2.65. The second-order valence-electron chi connectivity index (χ2n) is 4.45. The van der Waals surface area contributed by atoms with E-state index in [4.69, 9.17) is 18.9 Å². The fourth-order valence-corrected chi connectivity index (χ4v) is 2.99. The molecule has 1 amide bonds. The van der Waals surface area contributed by atoms with Crippen LogP contribution in [0.15, 0.2) is 0 Å². The maximum absolute atomic E-state index is 11.1. The summed E-state index contributed by atoms with van der Waals surface area (Å²) >= 11 is 0. The van der Waals surface area contributed by atoms with Gasteiger partial charge in [-0.05, 0) is 0 Å². The summed E-state index contributed by atoms with van der Waals surface area (Å²) in [4.78, 5) is 11.1. The SMILES string of the molecule is CC(=O)N[C@H]1C(O)O[C@H](CO)[C@@H](OS(=O)(=O)O)[C@@H]1OS(=O)(=O)O. The Morgan fingerprint density at radius 3 is 2.00 bits per heavy atom. The molecular weight excluding hydrogens is 366 g/mol. The third kappa shape index (κ3) is 6.24. The molecule has 5 N–H and O–H groups in total. The second-order valence-corrected chi connectivity index (χ2v) is 6.55. The van der Waals surface area contributed by atoms with E-state index >= 15 is 0 Å². The van der Waals surface area contributed by atoms with Gasteiger partial charge < -0.3 is 20.3 Å². The molecule has 0 aliphatic carbocycles. The molecule has 0 aromatic heterocycles. The first kappa shape index (κ1) is 20.1. The molecule has 0 aromatic rings. The molecule has 23 heavy (non-hydrogen) atoms. The molecule has 0 radical (unpaired) electrons. The van der Waals surface area contributed by atoms with Crippen LogP contribution in [0.25, 0.3) is 0 Å². The number of carbonyl (C=O) groups is 1. The summed E-state index contributed by atoms with van der Waals surface area (Å²) in [6.45, 7) is 0.00335. The molecule has 1 fully saturated rings. The summed E-state index contributed by atoms with van der Waals surface area (Å²) in [6, 6.07) is -1.70. The number of ether oxygens (including phenoxy) is 1. The molecule has 1 rings (SSSR count). The first-order valence-electron chi connectivity index (χ1n) is 5.87. The Labute approximate surface area is 131 Å². The zero-order valence-corrected chi connectivity index (χ0v) is 13.1. The first-order chi connectivity index (χ1) is 10.3. The molecule has 1 heterocycles. The van der Waals surface area contributed by atoms with Gasteiger partial charge in [-0.2, -0.15) is 16.8 Å². The van der Waals surface area contributed by atoms with Crippen molar-refractivity contribution < 1.29 is 54.1 Å². The van der Waals surface area contributed by atoms with Gasteiger partial charge in [-0.3, -0.25) is 13.9 Å². The highest BCUT2D eigenvalue weighted by molar-refractivity contribution is 7.81. The molecular formula is C8H15NO12S2. The van der Waals surface area contributed by atoms with Crippen LogP contribution < -0.4 is 5.32 Å². The zero-order valence-electron chi connectivity index (χ0n) is 11.5. The van der Waals surface area contributed by atoms with E-state index in [2.05, 4.69) is 8.37 Å². The number of aliphatic hydroxyl groups is 2. The van der Waals surface area contributed by atoms with Crippen LogP contribution in [0.1, 0.15) is 6.92 Å². The van der Waals surface area contributed by atoms with Gasteiger partial charge in [0.1, 0.15) is 24.4 Å². The van der Waals surface area contributed by atoms with Crippen LogP contribution in [0.3, 0.4) is 0 Å². The Morgan fingerprint density at radius 2 is 1.61 bits per heavy atom. The van der Waals surface area contributed by atoms with E-state index in [1.165, 1.54) is 0 Å². The number of hydrogen-bond acceptors (Lipinski definition) is 10. The molecule has 0 aromatic carbocycles. The molecule has 0 bridgehead atoms. The molecule has 136 valence electrons. The topological polar surface area (TPSA) is 206 Å². The maximum atomic E-state index is 11.1. The Bertz CT molecular complexity index is 629. The van der Waals surface area contributed by atoms with Crippen molar-refractivity contribution in [1.29, 1.82) is 0 Å². The molecule has 1 aliphatic rings. The average Bonchev–Trinajstić information content (AvgIpc) is 2.33. The van der Waals surface area contributed by atoms with E-state index in [1.54, 1.807) is 0 Å². The molecule has 13 nitrogen and oxygen atoms in total. The average molecular weight is 381 g/mol. The van der Waals surface area contributed by atoms with Crippen LogP contribution in [0.2, 0.25) is 0 Å². The monoisotopic (exact) mass is 381 g/mol. The number of nitrogens with one attached hydrogen (secondary N) is 1. The number of aliphatic hydroxyl groups excluding tert-OH is 2. The Hall–Kier alpha value is -0.910. The number of carbonyl (C=O) groups excluding carboxylic acids is 1. The largest absolute Gasteiger partial charge is 0.397 e.